The molecule has 0 saturated heterocycles. The van der Waals surface area contributed by atoms with Crippen LogP contribution in [0.1, 0.15) is 25.5 Å². The fourth-order valence-electron chi connectivity index (χ4n) is 3.38. The van der Waals surface area contributed by atoms with Crippen molar-refractivity contribution in [1.29, 1.82) is 0 Å². The second kappa shape index (κ2) is 8.19. The van der Waals surface area contributed by atoms with Crippen molar-refractivity contribution in [3.05, 3.63) is 59.6 Å². The van der Waals surface area contributed by atoms with Gasteiger partial charge in [0.2, 0.25) is 5.95 Å². The molecule has 0 saturated carbocycles. The third-order valence-electron chi connectivity index (χ3n) is 4.68. The number of tetrazole rings is 1. The fraction of sp³-hybridized carbons (Fsp3) is 0.250. The maximum Gasteiger partial charge on any atom is 0.255 e. The minimum atomic E-state index is -0.558. The van der Waals surface area contributed by atoms with Crippen LogP contribution in [-0.2, 0) is 4.79 Å². The molecule has 1 aromatic carbocycles. The number of nitrogens with one attached hydrogen (secondary N) is 2. The number of hydrogen-bond acceptors (Lipinski definition) is 8. The predicted octanol–water partition coefficient (Wildman–Crippen LogP) is 2.40. The lowest BCUT2D eigenvalue weighted by Gasteiger charge is -2.28. The molecular weight excluding hydrogens is 386 g/mol. The molecule has 2 aromatic heterocycles. The van der Waals surface area contributed by atoms with Gasteiger partial charge in [0, 0.05) is 11.9 Å². The summed E-state index contributed by atoms with van der Waals surface area (Å²) in [6.07, 6.45) is 3.23. The molecule has 1 atom stereocenters. The second-order valence-corrected chi connectivity index (χ2v) is 6.55. The number of pyridine rings is 1. The minimum absolute atomic E-state index is 0.285. The van der Waals surface area contributed by atoms with E-state index in [1.54, 1.807) is 36.3 Å². The second-order valence-electron chi connectivity index (χ2n) is 6.55. The predicted molar refractivity (Wildman–Crippen MR) is 109 cm³/mol. The number of ether oxygens (including phenoxy) is 2. The first-order chi connectivity index (χ1) is 14.6. The van der Waals surface area contributed by atoms with Crippen molar-refractivity contribution in [3.8, 4) is 11.5 Å². The normalized spacial score (nSPS) is 15.2. The van der Waals surface area contributed by atoms with Gasteiger partial charge < -0.3 is 20.1 Å². The van der Waals surface area contributed by atoms with Gasteiger partial charge in [-0.15, -0.1) is 0 Å². The number of allylic oxidation sites excluding steroid dienone is 1. The van der Waals surface area contributed by atoms with Crippen molar-refractivity contribution in [2.24, 2.45) is 0 Å². The van der Waals surface area contributed by atoms with Crippen molar-refractivity contribution in [2.75, 3.05) is 24.4 Å². The summed E-state index contributed by atoms with van der Waals surface area (Å²) in [5.41, 5.74) is 2.50. The van der Waals surface area contributed by atoms with E-state index in [1.165, 1.54) is 0 Å². The molecule has 1 aliphatic heterocycles. The fourth-order valence-corrected chi connectivity index (χ4v) is 3.38. The first-order valence-corrected chi connectivity index (χ1v) is 9.40. The number of rotatable bonds is 6. The Morgan fingerprint density at radius 3 is 2.90 bits per heavy atom. The highest BCUT2D eigenvalue weighted by Crippen LogP contribution is 2.38. The van der Waals surface area contributed by atoms with Gasteiger partial charge in [-0.2, -0.15) is 4.68 Å². The Kier molecular flexibility index (Phi) is 5.29. The van der Waals surface area contributed by atoms with Gasteiger partial charge in [0.25, 0.3) is 5.91 Å². The van der Waals surface area contributed by atoms with Gasteiger partial charge in [0.1, 0.15) is 6.04 Å². The van der Waals surface area contributed by atoms with Crippen LogP contribution in [0.25, 0.3) is 0 Å². The molecule has 3 heterocycles. The third-order valence-corrected chi connectivity index (χ3v) is 4.68. The molecule has 0 aliphatic carbocycles. The number of amides is 1. The molecular formula is C20H21N7O3. The molecule has 30 heavy (non-hydrogen) atoms. The first kappa shape index (κ1) is 19.4. The van der Waals surface area contributed by atoms with Crippen molar-refractivity contribution >= 4 is 17.5 Å². The number of carbonyl (C=O) groups excluding carboxylic acids is 1. The van der Waals surface area contributed by atoms with Gasteiger partial charge >= 0.3 is 0 Å². The zero-order valence-electron chi connectivity index (χ0n) is 16.8. The highest BCUT2D eigenvalue weighted by Gasteiger charge is 2.34. The van der Waals surface area contributed by atoms with E-state index < -0.39 is 6.04 Å². The number of fused-ring (bicyclic) bond motifs is 1. The minimum Gasteiger partial charge on any atom is -0.493 e. The van der Waals surface area contributed by atoms with E-state index in [0.717, 1.165) is 5.56 Å². The quantitative estimate of drug-likeness (QED) is 0.640. The lowest BCUT2D eigenvalue weighted by molar-refractivity contribution is -0.113. The monoisotopic (exact) mass is 407 g/mol. The average Bonchev–Trinajstić information content (AvgIpc) is 3.22. The van der Waals surface area contributed by atoms with E-state index in [0.29, 0.717) is 41.0 Å². The Morgan fingerprint density at radius 2 is 2.17 bits per heavy atom. The molecule has 0 radical (unpaired) electrons. The van der Waals surface area contributed by atoms with Gasteiger partial charge in [0.15, 0.2) is 11.5 Å². The molecule has 1 unspecified atom stereocenters. The summed E-state index contributed by atoms with van der Waals surface area (Å²) < 4.78 is 12.7. The molecule has 1 amide bonds. The van der Waals surface area contributed by atoms with Crippen LogP contribution in [0.4, 0.5) is 11.6 Å². The molecule has 4 rings (SSSR count). The van der Waals surface area contributed by atoms with Crippen LogP contribution in [0.15, 0.2) is 54.0 Å². The van der Waals surface area contributed by atoms with E-state index in [-0.39, 0.29) is 5.91 Å². The maximum atomic E-state index is 13.2. The number of hydrogen-bond donors (Lipinski definition) is 2. The topological polar surface area (TPSA) is 116 Å². The van der Waals surface area contributed by atoms with E-state index in [4.69, 9.17) is 9.47 Å². The summed E-state index contributed by atoms with van der Waals surface area (Å²) in [5.74, 6) is 1.35. The smallest absolute Gasteiger partial charge is 0.255 e. The van der Waals surface area contributed by atoms with Crippen LogP contribution in [0.5, 0.6) is 11.5 Å². The Morgan fingerprint density at radius 1 is 1.30 bits per heavy atom. The van der Waals surface area contributed by atoms with Gasteiger partial charge in [-0.25, -0.2) is 0 Å². The number of benzene rings is 1. The Balaban J connectivity index is 1.78. The molecule has 0 spiro atoms. The SMILES string of the molecule is CCOc1ccc(C2C(C(=O)Nc3cccnc3)=C(C)Nc3nnnn32)cc1OC. The number of aromatic nitrogens is 5. The summed E-state index contributed by atoms with van der Waals surface area (Å²) >= 11 is 0. The molecule has 0 fully saturated rings. The number of anilines is 2. The third kappa shape index (κ3) is 3.54. The van der Waals surface area contributed by atoms with Gasteiger partial charge in [-0.3, -0.25) is 9.78 Å². The molecule has 154 valence electrons. The highest BCUT2D eigenvalue weighted by atomic mass is 16.5. The van der Waals surface area contributed by atoms with E-state index >= 15 is 0 Å². The Labute approximate surface area is 172 Å². The van der Waals surface area contributed by atoms with Crippen LogP contribution < -0.4 is 20.1 Å². The zero-order valence-corrected chi connectivity index (χ0v) is 16.8. The summed E-state index contributed by atoms with van der Waals surface area (Å²) in [7, 11) is 1.57. The van der Waals surface area contributed by atoms with Crippen LogP contribution in [0, 0.1) is 0 Å². The highest BCUT2D eigenvalue weighted by molar-refractivity contribution is 6.05. The van der Waals surface area contributed by atoms with Crippen molar-refractivity contribution < 1.29 is 14.3 Å². The van der Waals surface area contributed by atoms with E-state index in [9.17, 15) is 4.79 Å². The van der Waals surface area contributed by atoms with Crippen molar-refractivity contribution in [3.63, 3.8) is 0 Å². The van der Waals surface area contributed by atoms with Crippen LogP contribution >= 0.6 is 0 Å². The van der Waals surface area contributed by atoms with Crippen molar-refractivity contribution in [2.45, 2.75) is 19.9 Å². The zero-order chi connectivity index (χ0) is 21.1. The average molecular weight is 407 g/mol. The summed E-state index contributed by atoms with van der Waals surface area (Å²) in [5, 5.41) is 17.8. The lowest BCUT2D eigenvalue weighted by atomic mass is 9.94. The summed E-state index contributed by atoms with van der Waals surface area (Å²) in [6.45, 7) is 4.23. The first-order valence-electron chi connectivity index (χ1n) is 9.40. The standard InChI is InChI=1S/C20H21N7O3/c1-4-30-15-8-7-13(10-16(15)29-3)18-17(12(2)22-20-24-25-26-27(18)20)19(28)23-14-6-5-9-21-11-14/h5-11,18H,4H2,1-3H3,(H,23,28)(H,22,24,26). The number of nitrogens with zero attached hydrogens (tertiary/aromatic N) is 5. The molecule has 1 aliphatic rings. The van der Waals surface area contributed by atoms with E-state index in [1.807, 2.05) is 32.0 Å². The molecule has 0 bridgehead atoms. The van der Waals surface area contributed by atoms with E-state index in [2.05, 4.69) is 31.1 Å². The summed E-state index contributed by atoms with van der Waals surface area (Å²) in [4.78, 5) is 17.3. The molecule has 10 nitrogen and oxygen atoms in total. The Bertz CT molecular complexity index is 1090. The lowest BCUT2D eigenvalue weighted by Crippen LogP contribution is -2.31. The van der Waals surface area contributed by atoms with Crippen LogP contribution in [0.3, 0.4) is 0 Å². The van der Waals surface area contributed by atoms with Gasteiger partial charge in [-0.05, 0) is 54.1 Å². The van der Waals surface area contributed by atoms with Crippen molar-refractivity contribution in [1.82, 2.24) is 25.2 Å². The van der Waals surface area contributed by atoms with Gasteiger partial charge in [0.05, 0.1) is 31.2 Å². The van der Waals surface area contributed by atoms with Gasteiger partial charge in [-0.1, -0.05) is 11.2 Å². The maximum absolute atomic E-state index is 13.2. The summed E-state index contributed by atoms with van der Waals surface area (Å²) in [6, 6.07) is 8.49. The van der Waals surface area contributed by atoms with Crippen LogP contribution in [-0.4, -0.2) is 44.8 Å². The number of carbonyl (C=O) groups is 1. The number of methoxy groups -OCH3 is 1. The largest absolute Gasteiger partial charge is 0.493 e. The Hall–Kier alpha value is -3.95. The molecule has 2 N–H and O–H groups in total. The van der Waals surface area contributed by atoms with Crippen LogP contribution in [0.2, 0.25) is 0 Å². The molecule has 3 aromatic rings. The molecule has 10 heteroatoms.